The van der Waals surface area contributed by atoms with Gasteiger partial charge in [-0.25, -0.2) is 0 Å². The lowest BCUT2D eigenvalue weighted by Crippen LogP contribution is -1.93. The zero-order chi connectivity index (χ0) is 13.4. The summed E-state index contributed by atoms with van der Waals surface area (Å²) in [5, 5.41) is 19.4. The molecule has 94 valence electrons. The monoisotopic (exact) mass is 244 g/mol. The van der Waals surface area contributed by atoms with Gasteiger partial charge in [0.1, 0.15) is 11.5 Å². The first-order valence-corrected chi connectivity index (χ1v) is 5.58. The summed E-state index contributed by atoms with van der Waals surface area (Å²) in [7, 11) is 0. The van der Waals surface area contributed by atoms with Crippen LogP contribution < -0.4 is 11.5 Å². The highest BCUT2D eigenvalue weighted by Crippen LogP contribution is 2.35. The molecule has 4 heteroatoms. The van der Waals surface area contributed by atoms with E-state index in [9.17, 15) is 10.2 Å². The Bertz CT molecular complexity index is 520. The minimum atomic E-state index is 0.0503. The molecule has 0 fully saturated rings. The highest BCUT2D eigenvalue weighted by molar-refractivity contribution is 5.76. The largest absolute Gasteiger partial charge is 0.506 e. The Morgan fingerprint density at radius 2 is 1.39 bits per heavy atom. The van der Waals surface area contributed by atoms with E-state index in [-0.39, 0.29) is 11.5 Å². The van der Waals surface area contributed by atoms with Gasteiger partial charge in [0.25, 0.3) is 0 Å². The minimum absolute atomic E-state index is 0.0503. The number of aryl methyl sites for hydroxylation is 2. The second kappa shape index (κ2) is 4.14. The van der Waals surface area contributed by atoms with E-state index in [1.807, 2.05) is 19.1 Å². The first-order valence-electron chi connectivity index (χ1n) is 5.58. The molecule has 6 N–H and O–H groups in total. The normalized spacial score (nSPS) is 10.6. The van der Waals surface area contributed by atoms with Crippen molar-refractivity contribution < 1.29 is 10.2 Å². The predicted molar refractivity (Wildman–Crippen MR) is 73.5 cm³/mol. The zero-order valence-electron chi connectivity index (χ0n) is 10.4. The van der Waals surface area contributed by atoms with Gasteiger partial charge in [0.15, 0.2) is 0 Å². The molecule has 18 heavy (non-hydrogen) atoms. The first kappa shape index (κ1) is 12.1. The van der Waals surface area contributed by atoms with Crippen LogP contribution >= 0.6 is 0 Å². The molecule has 2 aromatic carbocycles. The average Bonchev–Trinajstić information content (AvgIpc) is 2.31. The van der Waals surface area contributed by atoms with Crippen LogP contribution in [0.2, 0.25) is 0 Å². The molecule has 0 bridgehead atoms. The third-order valence-electron chi connectivity index (χ3n) is 3.03. The zero-order valence-corrected chi connectivity index (χ0v) is 10.4. The summed E-state index contributed by atoms with van der Waals surface area (Å²) in [6.45, 7) is 3.61. The van der Waals surface area contributed by atoms with Crippen LogP contribution in [-0.2, 0) is 0 Å². The summed E-state index contributed by atoms with van der Waals surface area (Å²) in [5.41, 5.74) is 15.3. The fourth-order valence-corrected chi connectivity index (χ4v) is 1.92. The number of hydrogen-bond donors (Lipinski definition) is 4. The summed E-state index contributed by atoms with van der Waals surface area (Å²) in [5.74, 6) is 0.143. The van der Waals surface area contributed by atoms with Crippen LogP contribution in [0.1, 0.15) is 11.1 Å². The molecule has 0 saturated heterocycles. The lowest BCUT2D eigenvalue weighted by atomic mass is 9.99. The molecule has 2 rings (SSSR count). The fraction of sp³-hybridized carbons (Fsp3) is 0.143. The van der Waals surface area contributed by atoms with Crippen molar-refractivity contribution in [3.63, 3.8) is 0 Å². The van der Waals surface area contributed by atoms with Crippen LogP contribution in [0.3, 0.4) is 0 Å². The highest BCUT2D eigenvalue weighted by atomic mass is 16.3. The molecular weight excluding hydrogens is 228 g/mol. The number of benzene rings is 2. The van der Waals surface area contributed by atoms with E-state index >= 15 is 0 Å². The van der Waals surface area contributed by atoms with Gasteiger partial charge in [-0.15, -0.1) is 0 Å². The third kappa shape index (κ3) is 1.93. The highest BCUT2D eigenvalue weighted by Gasteiger charge is 2.09. The molecule has 0 aromatic heterocycles. The molecular formula is C14H16N2O2. The summed E-state index contributed by atoms with van der Waals surface area (Å²) in [6.07, 6.45) is 0. The Morgan fingerprint density at radius 1 is 0.833 bits per heavy atom. The summed E-state index contributed by atoms with van der Waals surface area (Å²) in [4.78, 5) is 0. The number of rotatable bonds is 1. The van der Waals surface area contributed by atoms with Gasteiger partial charge >= 0.3 is 0 Å². The molecule has 0 amide bonds. The predicted octanol–water partition coefficient (Wildman–Crippen LogP) is 2.55. The molecule has 0 heterocycles. The van der Waals surface area contributed by atoms with Gasteiger partial charge in [0.2, 0.25) is 0 Å². The molecule has 0 aliphatic carbocycles. The number of nitrogens with two attached hydrogens (primary N) is 2. The minimum Gasteiger partial charge on any atom is -0.506 e. The first-order chi connectivity index (χ1) is 8.40. The van der Waals surface area contributed by atoms with Gasteiger partial charge in [-0.2, -0.15) is 0 Å². The topological polar surface area (TPSA) is 92.5 Å². The van der Waals surface area contributed by atoms with Gasteiger partial charge < -0.3 is 21.7 Å². The maximum absolute atomic E-state index is 9.73. The number of phenols is 2. The van der Waals surface area contributed by atoms with Crippen LogP contribution in [-0.4, -0.2) is 10.2 Å². The summed E-state index contributed by atoms with van der Waals surface area (Å²) in [6, 6.07) is 6.96. The lowest BCUT2D eigenvalue weighted by molar-refractivity contribution is 0.474. The second-order valence-corrected chi connectivity index (χ2v) is 4.46. The molecule has 0 unspecified atom stereocenters. The van der Waals surface area contributed by atoms with Crippen molar-refractivity contribution in [1.29, 1.82) is 0 Å². The van der Waals surface area contributed by atoms with E-state index in [4.69, 9.17) is 11.5 Å². The number of aromatic hydroxyl groups is 2. The van der Waals surface area contributed by atoms with Crippen molar-refractivity contribution in [2.24, 2.45) is 0 Å². The van der Waals surface area contributed by atoms with Crippen molar-refractivity contribution in [3.8, 4) is 22.6 Å². The van der Waals surface area contributed by atoms with Crippen molar-refractivity contribution >= 4 is 11.4 Å². The Kier molecular flexibility index (Phi) is 2.79. The number of anilines is 2. The average molecular weight is 244 g/mol. The standard InChI is InChI=1S/C14H16N2O2/c1-7-3-10(6-12(17)13(7)16)9-4-8(2)14(18)11(15)5-9/h3-6,17-18H,15-16H2,1-2H3. The third-order valence-corrected chi connectivity index (χ3v) is 3.03. The number of nitrogen functional groups attached to an aromatic ring is 2. The molecule has 0 aliphatic rings. The lowest BCUT2D eigenvalue weighted by Gasteiger charge is -2.11. The van der Waals surface area contributed by atoms with Crippen molar-refractivity contribution in [2.45, 2.75) is 13.8 Å². The number of phenolic OH excluding ortho intramolecular Hbond substituents is 2. The van der Waals surface area contributed by atoms with E-state index in [2.05, 4.69) is 0 Å². The maximum atomic E-state index is 9.73. The molecule has 0 atom stereocenters. The van der Waals surface area contributed by atoms with Gasteiger partial charge in [-0.1, -0.05) is 0 Å². The van der Waals surface area contributed by atoms with E-state index in [1.54, 1.807) is 19.1 Å². The summed E-state index contributed by atoms with van der Waals surface area (Å²) >= 11 is 0. The Morgan fingerprint density at radius 3 is 1.94 bits per heavy atom. The molecule has 0 radical (unpaired) electrons. The van der Waals surface area contributed by atoms with E-state index in [0.717, 1.165) is 16.7 Å². The van der Waals surface area contributed by atoms with Crippen LogP contribution in [0.4, 0.5) is 11.4 Å². The van der Waals surface area contributed by atoms with Gasteiger partial charge in [-0.3, -0.25) is 0 Å². The van der Waals surface area contributed by atoms with Crippen molar-refractivity contribution in [1.82, 2.24) is 0 Å². The molecule has 2 aromatic rings. The van der Waals surface area contributed by atoms with E-state index < -0.39 is 0 Å². The van der Waals surface area contributed by atoms with Crippen LogP contribution in [0, 0.1) is 13.8 Å². The van der Waals surface area contributed by atoms with Gasteiger partial charge in [0, 0.05) is 0 Å². The molecule has 0 spiro atoms. The second-order valence-electron chi connectivity index (χ2n) is 4.46. The Labute approximate surface area is 105 Å². The SMILES string of the molecule is Cc1cc(-c2cc(C)c(O)c(N)c2)cc(O)c1N. The summed E-state index contributed by atoms with van der Waals surface area (Å²) < 4.78 is 0. The molecule has 0 saturated carbocycles. The van der Waals surface area contributed by atoms with E-state index in [0.29, 0.717) is 16.9 Å². The Hall–Kier alpha value is -2.36. The van der Waals surface area contributed by atoms with E-state index in [1.165, 1.54) is 0 Å². The smallest absolute Gasteiger partial charge is 0.141 e. The maximum Gasteiger partial charge on any atom is 0.141 e. The Balaban J connectivity index is 2.63. The van der Waals surface area contributed by atoms with Crippen molar-refractivity contribution in [2.75, 3.05) is 11.5 Å². The molecule has 0 aliphatic heterocycles. The fourth-order valence-electron chi connectivity index (χ4n) is 1.92. The number of hydrogen-bond acceptors (Lipinski definition) is 4. The van der Waals surface area contributed by atoms with Gasteiger partial charge in [0.05, 0.1) is 11.4 Å². The van der Waals surface area contributed by atoms with Crippen molar-refractivity contribution in [3.05, 3.63) is 35.4 Å². The quantitative estimate of drug-likeness (QED) is 0.458. The van der Waals surface area contributed by atoms with Crippen LogP contribution in [0.15, 0.2) is 24.3 Å². The van der Waals surface area contributed by atoms with Crippen LogP contribution in [0.25, 0.3) is 11.1 Å². The van der Waals surface area contributed by atoms with Crippen LogP contribution in [0.5, 0.6) is 11.5 Å². The van der Waals surface area contributed by atoms with Gasteiger partial charge in [-0.05, 0) is 60.4 Å². The molecule has 4 nitrogen and oxygen atoms in total.